The zero-order valence-electron chi connectivity index (χ0n) is 13.2. The molecule has 0 aromatic carbocycles. The number of H-pyrrole nitrogens is 1. The van der Waals surface area contributed by atoms with E-state index in [1.807, 2.05) is 4.90 Å². The standard InChI is InChI=1S/C14H23N5O3/c1-9-13(16-8-15-9)14(22)17-10-4-5-19(6-11(10)20)7-12(21)18(2)3/h8,10-11,20H,4-7H2,1-3H3,(H,15,16)(H,17,22)/t10-,11-/m1/s1. The summed E-state index contributed by atoms with van der Waals surface area (Å²) in [5, 5.41) is 13.0. The summed E-state index contributed by atoms with van der Waals surface area (Å²) in [6, 6.07) is -0.325. The number of carbonyl (C=O) groups is 2. The number of hydrogen-bond acceptors (Lipinski definition) is 5. The van der Waals surface area contributed by atoms with E-state index < -0.39 is 6.10 Å². The summed E-state index contributed by atoms with van der Waals surface area (Å²) in [4.78, 5) is 34.1. The second-order valence-corrected chi connectivity index (χ2v) is 5.84. The molecule has 8 heteroatoms. The fourth-order valence-electron chi connectivity index (χ4n) is 2.47. The molecule has 2 rings (SSSR count). The molecule has 0 saturated carbocycles. The van der Waals surface area contributed by atoms with E-state index in [1.165, 1.54) is 11.2 Å². The van der Waals surface area contributed by atoms with Crippen LogP contribution in [0.2, 0.25) is 0 Å². The van der Waals surface area contributed by atoms with Crippen LogP contribution in [-0.4, -0.2) is 82.6 Å². The van der Waals surface area contributed by atoms with E-state index >= 15 is 0 Å². The van der Waals surface area contributed by atoms with Gasteiger partial charge in [0.1, 0.15) is 5.69 Å². The van der Waals surface area contributed by atoms with E-state index in [9.17, 15) is 14.7 Å². The van der Waals surface area contributed by atoms with Crippen LogP contribution >= 0.6 is 0 Å². The quantitative estimate of drug-likeness (QED) is 0.660. The number of likely N-dealkylation sites (tertiary alicyclic amines) is 1. The molecule has 1 fully saturated rings. The molecule has 2 heterocycles. The summed E-state index contributed by atoms with van der Waals surface area (Å²) in [6.07, 6.45) is 1.36. The van der Waals surface area contributed by atoms with Crippen LogP contribution in [0.15, 0.2) is 6.33 Å². The summed E-state index contributed by atoms with van der Waals surface area (Å²) >= 11 is 0. The molecular formula is C14H23N5O3. The van der Waals surface area contributed by atoms with Crippen molar-refractivity contribution in [3.63, 3.8) is 0 Å². The number of aliphatic hydroxyl groups is 1. The highest BCUT2D eigenvalue weighted by atomic mass is 16.3. The number of nitrogens with zero attached hydrogens (tertiary/aromatic N) is 3. The summed E-state index contributed by atoms with van der Waals surface area (Å²) in [7, 11) is 3.41. The lowest BCUT2D eigenvalue weighted by Crippen LogP contribution is -2.55. The van der Waals surface area contributed by atoms with Gasteiger partial charge in [0, 0.05) is 32.9 Å². The largest absolute Gasteiger partial charge is 0.390 e. The molecule has 1 aromatic rings. The van der Waals surface area contributed by atoms with Crippen molar-refractivity contribution in [3.8, 4) is 0 Å². The molecule has 2 atom stereocenters. The number of piperidine rings is 1. The van der Waals surface area contributed by atoms with E-state index in [2.05, 4.69) is 15.3 Å². The molecule has 22 heavy (non-hydrogen) atoms. The molecule has 3 N–H and O–H groups in total. The number of aromatic nitrogens is 2. The van der Waals surface area contributed by atoms with Gasteiger partial charge in [-0.1, -0.05) is 0 Å². The highest BCUT2D eigenvalue weighted by Crippen LogP contribution is 2.12. The number of β-amino-alcohol motifs (C(OH)–C–C–N with tert-alkyl or cyclic N) is 1. The predicted molar refractivity (Wildman–Crippen MR) is 80.3 cm³/mol. The number of imidazole rings is 1. The number of aliphatic hydroxyl groups excluding tert-OH is 1. The Morgan fingerprint density at radius 1 is 1.55 bits per heavy atom. The molecule has 2 amide bonds. The van der Waals surface area contributed by atoms with E-state index in [-0.39, 0.29) is 24.4 Å². The van der Waals surface area contributed by atoms with E-state index in [0.29, 0.717) is 30.9 Å². The fraction of sp³-hybridized carbons (Fsp3) is 0.643. The van der Waals surface area contributed by atoms with Gasteiger partial charge in [0.05, 0.1) is 25.0 Å². The minimum Gasteiger partial charge on any atom is -0.390 e. The normalized spacial score (nSPS) is 22.4. The first-order valence-electron chi connectivity index (χ1n) is 7.30. The summed E-state index contributed by atoms with van der Waals surface area (Å²) in [5.74, 6) is -0.289. The van der Waals surface area contributed by atoms with Crippen molar-refractivity contribution in [1.82, 2.24) is 25.1 Å². The Bertz CT molecular complexity index is 542. The Balaban J connectivity index is 1.87. The molecule has 1 aliphatic rings. The smallest absolute Gasteiger partial charge is 0.272 e. The average Bonchev–Trinajstić information content (AvgIpc) is 2.88. The Morgan fingerprint density at radius 2 is 2.27 bits per heavy atom. The first-order valence-corrected chi connectivity index (χ1v) is 7.30. The third-order valence-corrected chi connectivity index (χ3v) is 3.89. The molecule has 8 nitrogen and oxygen atoms in total. The number of nitrogens with one attached hydrogen (secondary N) is 2. The Labute approximate surface area is 129 Å². The maximum atomic E-state index is 12.1. The lowest BCUT2D eigenvalue weighted by Gasteiger charge is -2.36. The van der Waals surface area contributed by atoms with Crippen LogP contribution in [0.1, 0.15) is 22.6 Å². The van der Waals surface area contributed by atoms with Crippen molar-refractivity contribution >= 4 is 11.8 Å². The third kappa shape index (κ3) is 3.83. The number of aryl methyl sites for hydroxylation is 1. The van der Waals surface area contributed by atoms with Crippen molar-refractivity contribution < 1.29 is 14.7 Å². The maximum absolute atomic E-state index is 12.1. The minimum absolute atomic E-state index is 0.00170. The lowest BCUT2D eigenvalue weighted by atomic mass is 10.0. The van der Waals surface area contributed by atoms with Crippen LogP contribution in [-0.2, 0) is 4.79 Å². The molecule has 0 spiro atoms. The molecule has 0 radical (unpaired) electrons. The second-order valence-electron chi connectivity index (χ2n) is 5.84. The van der Waals surface area contributed by atoms with Gasteiger partial charge in [-0.15, -0.1) is 0 Å². The Morgan fingerprint density at radius 3 is 2.82 bits per heavy atom. The van der Waals surface area contributed by atoms with E-state index in [1.54, 1.807) is 21.0 Å². The summed E-state index contributed by atoms with van der Waals surface area (Å²) in [6.45, 7) is 3.07. The van der Waals surface area contributed by atoms with Crippen LogP contribution < -0.4 is 5.32 Å². The number of hydrogen-bond donors (Lipinski definition) is 3. The lowest BCUT2D eigenvalue weighted by molar-refractivity contribution is -0.130. The van der Waals surface area contributed by atoms with Crippen LogP contribution in [0.25, 0.3) is 0 Å². The van der Waals surface area contributed by atoms with Crippen molar-refractivity contribution in [2.24, 2.45) is 0 Å². The molecular weight excluding hydrogens is 286 g/mol. The minimum atomic E-state index is -0.702. The van der Waals surface area contributed by atoms with Crippen molar-refractivity contribution in [3.05, 3.63) is 17.7 Å². The number of likely N-dealkylation sites (N-methyl/N-ethyl adjacent to an activating group) is 1. The van der Waals surface area contributed by atoms with Crippen molar-refractivity contribution in [2.75, 3.05) is 33.7 Å². The summed E-state index contributed by atoms with van der Waals surface area (Å²) in [5.41, 5.74) is 1.04. The zero-order chi connectivity index (χ0) is 16.3. The average molecular weight is 309 g/mol. The Hall–Kier alpha value is -1.93. The number of amides is 2. The van der Waals surface area contributed by atoms with Crippen LogP contribution in [0, 0.1) is 6.92 Å². The topological polar surface area (TPSA) is 102 Å². The molecule has 0 bridgehead atoms. The summed E-state index contributed by atoms with van der Waals surface area (Å²) < 4.78 is 0. The van der Waals surface area contributed by atoms with Crippen molar-refractivity contribution in [2.45, 2.75) is 25.5 Å². The Kier molecular flexibility index (Phi) is 5.15. The SMILES string of the molecule is Cc1[nH]cnc1C(=O)N[C@@H]1CCN(CC(=O)N(C)C)C[C@H]1O. The van der Waals surface area contributed by atoms with E-state index in [0.717, 1.165) is 0 Å². The first kappa shape index (κ1) is 16.4. The number of rotatable bonds is 4. The number of carbonyl (C=O) groups excluding carboxylic acids is 2. The monoisotopic (exact) mass is 309 g/mol. The van der Waals surface area contributed by atoms with Gasteiger partial charge in [0.25, 0.3) is 5.91 Å². The van der Waals surface area contributed by atoms with Gasteiger partial charge in [-0.3, -0.25) is 14.5 Å². The van der Waals surface area contributed by atoms with Gasteiger partial charge in [-0.2, -0.15) is 0 Å². The molecule has 1 aliphatic heterocycles. The zero-order valence-corrected chi connectivity index (χ0v) is 13.2. The third-order valence-electron chi connectivity index (χ3n) is 3.89. The van der Waals surface area contributed by atoms with Crippen LogP contribution in [0.5, 0.6) is 0 Å². The van der Waals surface area contributed by atoms with Crippen LogP contribution in [0.3, 0.4) is 0 Å². The maximum Gasteiger partial charge on any atom is 0.272 e. The predicted octanol–water partition coefficient (Wildman–Crippen LogP) is -1.03. The molecule has 0 aliphatic carbocycles. The van der Waals surface area contributed by atoms with Gasteiger partial charge in [-0.25, -0.2) is 4.98 Å². The first-order chi connectivity index (χ1) is 10.4. The molecule has 0 unspecified atom stereocenters. The molecule has 1 aromatic heterocycles. The van der Waals surface area contributed by atoms with Gasteiger partial charge < -0.3 is 20.3 Å². The molecule has 1 saturated heterocycles. The number of aromatic amines is 1. The van der Waals surface area contributed by atoms with Crippen molar-refractivity contribution in [1.29, 1.82) is 0 Å². The second kappa shape index (κ2) is 6.89. The van der Waals surface area contributed by atoms with Gasteiger partial charge in [-0.05, 0) is 13.3 Å². The highest BCUT2D eigenvalue weighted by molar-refractivity contribution is 5.93. The van der Waals surface area contributed by atoms with Gasteiger partial charge in [0.15, 0.2) is 0 Å². The van der Waals surface area contributed by atoms with Gasteiger partial charge >= 0.3 is 0 Å². The van der Waals surface area contributed by atoms with Crippen LogP contribution in [0.4, 0.5) is 0 Å². The molecule has 122 valence electrons. The fourth-order valence-corrected chi connectivity index (χ4v) is 2.47. The highest BCUT2D eigenvalue weighted by Gasteiger charge is 2.30. The van der Waals surface area contributed by atoms with E-state index in [4.69, 9.17) is 0 Å². The van der Waals surface area contributed by atoms with Gasteiger partial charge in [0.2, 0.25) is 5.91 Å².